The van der Waals surface area contributed by atoms with Gasteiger partial charge in [-0.05, 0) is 51.2 Å². The molecule has 1 aromatic rings. The van der Waals surface area contributed by atoms with E-state index in [9.17, 15) is 12.8 Å². The van der Waals surface area contributed by atoms with Crippen molar-refractivity contribution in [3.05, 3.63) is 30.1 Å². The third-order valence-corrected chi connectivity index (χ3v) is 4.51. The van der Waals surface area contributed by atoms with E-state index in [1.165, 1.54) is 28.6 Å². The number of halogens is 1. The normalized spacial score (nSPS) is 11.5. The van der Waals surface area contributed by atoms with Gasteiger partial charge in [0.05, 0.1) is 11.4 Å². The lowest BCUT2D eigenvalue weighted by molar-refractivity contribution is 0.587. The molecule has 0 atom stereocenters. The fraction of sp³-hybridized carbons (Fsp3) is 0.500. The van der Waals surface area contributed by atoms with E-state index in [4.69, 9.17) is 0 Å². The van der Waals surface area contributed by atoms with Gasteiger partial charge in [0.15, 0.2) is 0 Å². The quantitative estimate of drug-likeness (QED) is 0.768. The highest BCUT2D eigenvalue weighted by Crippen LogP contribution is 2.18. The third-order valence-electron chi connectivity index (χ3n) is 2.57. The number of rotatable bonds is 7. The number of anilines is 1. The average molecular weight is 274 g/mol. The second-order valence-corrected chi connectivity index (χ2v) is 5.93. The first-order chi connectivity index (χ1) is 8.51. The van der Waals surface area contributed by atoms with Gasteiger partial charge >= 0.3 is 0 Å². The second kappa shape index (κ2) is 6.70. The smallest absolute Gasteiger partial charge is 0.235 e. The van der Waals surface area contributed by atoms with E-state index >= 15 is 0 Å². The number of nitrogens with zero attached hydrogens (tertiary/aromatic N) is 1. The maximum atomic E-state index is 12.8. The van der Waals surface area contributed by atoms with Crippen LogP contribution in [0.2, 0.25) is 0 Å². The van der Waals surface area contributed by atoms with E-state index < -0.39 is 10.0 Å². The van der Waals surface area contributed by atoms with Crippen LogP contribution in [0.15, 0.2) is 24.3 Å². The molecule has 102 valence electrons. The van der Waals surface area contributed by atoms with Gasteiger partial charge in [-0.15, -0.1) is 0 Å². The van der Waals surface area contributed by atoms with Crippen LogP contribution in [0.25, 0.3) is 0 Å². The lowest BCUT2D eigenvalue weighted by Gasteiger charge is -2.22. The zero-order valence-electron chi connectivity index (χ0n) is 10.7. The summed E-state index contributed by atoms with van der Waals surface area (Å²) in [5.41, 5.74) is 0.503. The lowest BCUT2D eigenvalue weighted by Crippen LogP contribution is -2.33. The maximum absolute atomic E-state index is 12.8. The summed E-state index contributed by atoms with van der Waals surface area (Å²) < 4.78 is 38.4. The van der Waals surface area contributed by atoms with Crippen LogP contribution in [0, 0.1) is 5.82 Å². The number of nitrogens with one attached hydrogen (secondary N) is 1. The topological polar surface area (TPSA) is 49.4 Å². The molecule has 0 radical (unpaired) electrons. The van der Waals surface area contributed by atoms with Gasteiger partial charge in [-0.3, -0.25) is 4.31 Å². The standard InChI is InChI=1S/C12H19FN2O2S/c1-3-15(12-7-5-11(13)6-8-12)18(16,17)10-4-9-14-2/h5-8,14H,3-4,9-10H2,1-2H3. The summed E-state index contributed by atoms with van der Waals surface area (Å²) in [6.45, 7) is 2.76. The van der Waals surface area contributed by atoms with Gasteiger partial charge in [0.1, 0.15) is 5.82 Å². The molecule has 0 fully saturated rings. The minimum Gasteiger partial charge on any atom is -0.320 e. The molecular weight excluding hydrogens is 255 g/mol. The van der Waals surface area contributed by atoms with Crippen molar-refractivity contribution in [3.63, 3.8) is 0 Å². The summed E-state index contributed by atoms with van der Waals surface area (Å²) in [6, 6.07) is 5.49. The van der Waals surface area contributed by atoms with Gasteiger partial charge in [-0.1, -0.05) is 0 Å². The average Bonchev–Trinajstić information content (AvgIpc) is 2.32. The van der Waals surface area contributed by atoms with Crippen LogP contribution < -0.4 is 9.62 Å². The molecule has 0 amide bonds. The molecule has 4 nitrogen and oxygen atoms in total. The summed E-state index contributed by atoms with van der Waals surface area (Å²) in [4.78, 5) is 0. The number of benzene rings is 1. The van der Waals surface area contributed by atoms with Gasteiger partial charge in [0.25, 0.3) is 0 Å². The highest BCUT2D eigenvalue weighted by molar-refractivity contribution is 7.92. The van der Waals surface area contributed by atoms with Crippen LogP contribution >= 0.6 is 0 Å². The zero-order valence-corrected chi connectivity index (χ0v) is 11.5. The molecule has 18 heavy (non-hydrogen) atoms. The Kier molecular flexibility index (Phi) is 5.55. The minimum absolute atomic E-state index is 0.0824. The second-order valence-electron chi connectivity index (χ2n) is 3.91. The Bertz CT molecular complexity index is 459. The van der Waals surface area contributed by atoms with Crippen molar-refractivity contribution in [3.8, 4) is 0 Å². The Morgan fingerprint density at radius 2 is 1.89 bits per heavy atom. The molecule has 0 aliphatic rings. The molecule has 0 heterocycles. The fourth-order valence-electron chi connectivity index (χ4n) is 1.69. The Balaban J connectivity index is 2.85. The zero-order chi connectivity index (χ0) is 13.6. The molecule has 0 bridgehead atoms. The first-order valence-corrected chi connectivity index (χ1v) is 7.52. The van der Waals surface area contributed by atoms with Crippen LogP contribution in [0.1, 0.15) is 13.3 Å². The number of hydrogen-bond acceptors (Lipinski definition) is 3. The summed E-state index contributed by atoms with van der Waals surface area (Å²) in [6.07, 6.45) is 0.552. The molecule has 0 saturated carbocycles. The maximum Gasteiger partial charge on any atom is 0.235 e. The predicted molar refractivity (Wildman–Crippen MR) is 71.8 cm³/mol. The molecule has 1 N–H and O–H groups in total. The van der Waals surface area contributed by atoms with Crippen LogP contribution in [-0.4, -0.2) is 34.3 Å². The van der Waals surface area contributed by atoms with Crippen LogP contribution in [-0.2, 0) is 10.0 Å². The van der Waals surface area contributed by atoms with Gasteiger partial charge in [-0.2, -0.15) is 0 Å². The molecule has 0 unspecified atom stereocenters. The van der Waals surface area contributed by atoms with Crippen molar-refractivity contribution >= 4 is 15.7 Å². The monoisotopic (exact) mass is 274 g/mol. The van der Waals surface area contributed by atoms with Crippen molar-refractivity contribution in [1.82, 2.24) is 5.32 Å². The van der Waals surface area contributed by atoms with Crippen molar-refractivity contribution in [1.29, 1.82) is 0 Å². The number of sulfonamides is 1. The molecule has 0 aliphatic carbocycles. The Morgan fingerprint density at radius 3 is 2.39 bits per heavy atom. The SMILES string of the molecule is CCN(c1ccc(F)cc1)S(=O)(=O)CCCNC. The van der Waals surface area contributed by atoms with Gasteiger partial charge in [-0.25, -0.2) is 12.8 Å². The van der Waals surface area contributed by atoms with E-state index in [1.807, 2.05) is 0 Å². The van der Waals surface area contributed by atoms with Gasteiger partial charge < -0.3 is 5.32 Å². The van der Waals surface area contributed by atoms with E-state index in [0.29, 0.717) is 25.2 Å². The Morgan fingerprint density at radius 1 is 1.28 bits per heavy atom. The highest BCUT2D eigenvalue weighted by atomic mass is 32.2. The molecule has 0 spiro atoms. The number of hydrogen-bond donors (Lipinski definition) is 1. The summed E-state index contributed by atoms with van der Waals surface area (Å²) in [7, 11) is -1.56. The summed E-state index contributed by atoms with van der Waals surface area (Å²) >= 11 is 0. The van der Waals surface area contributed by atoms with Crippen LogP contribution in [0.3, 0.4) is 0 Å². The highest BCUT2D eigenvalue weighted by Gasteiger charge is 2.20. The minimum atomic E-state index is -3.34. The lowest BCUT2D eigenvalue weighted by atomic mass is 10.3. The van der Waals surface area contributed by atoms with E-state index in [0.717, 1.165) is 0 Å². The fourth-order valence-corrected chi connectivity index (χ4v) is 3.25. The van der Waals surface area contributed by atoms with E-state index in [2.05, 4.69) is 5.32 Å². The van der Waals surface area contributed by atoms with Gasteiger partial charge in [0.2, 0.25) is 10.0 Å². The van der Waals surface area contributed by atoms with Crippen LogP contribution in [0.4, 0.5) is 10.1 Å². The van der Waals surface area contributed by atoms with Gasteiger partial charge in [0, 0.05) is 6.54 Å². The van der Waals surface area contributed by atoms with Crippen LogP contribution in [0.5, 0.6) is 0 Å². The molecular formula is C12H19FN2O2S. The summed E-state index contributed by atoms with van der Waals surface area (Å²) in [5.74, 6) is -0.290. The molecule has 0 aliphatic heterocycles. The molecule has 0 aromatic heterocycles. The third kappa shape index (κ3) is 3.96. The molecule has 0 saturated heterocycles. The first kappa shape index (κ1) is 14.9. The molecule has 1 rings (SSSR count). The van der Waals surface area contributed by atoms with E-state index in [1.54, 1.807) is 14.0 Å². The van der Waals surface area contributed by atoms with Crippen molar-refractivity contribution in [2.45, 2.75) is 13.3 Å². The Hall–Kier alpha value is -1.14. The molecule has 6 heteroatoms. The van der Waals surface area contributed by atoms with Crippen molar-refractivity contribution in [2.24, 2.45) is 0 Å². The summed E-state index contributed by atoms with van der Waals surface area (Å²) in [5, 5.41) is 2.91. The molecule has 1 aromatic carbocycles. The van der Waals surface area contributed by atoms with Crippen molar-refractivity contribution in [2.75, 3.05) is 30.2 Å². The predicted octanol–water partition coefficient (Wildman–Crippen LogP) is 1.59. The largest absolute Gasteiger partial charge is 0.320 e. The Labute approximate surface area is 108 Å². The van der Waals surface area contributed by atoms with Crippen molar-refractivity contribution < 1.29 is 12.8 Å². The first-order valence-electron chi connectivity index (χ1n) is 5.92. The van der Waals surface area contributed by atoms with E-state index in [-0.39, 0.29) is 11.6 Å².